The van der Waals surface area contributed by atoms with E-state index in [9.17, 15) is 4.79 Å². The molecule has 1 saturated heterocycles. The summed E-state index contributed by atoms with van der Waals surface area (Å²) in [5.41, 5.74) is 2.97. The molecule has 38 heavy (non-hydrogen) atoms. The number of carbonyl (C=O) groups is 1. The Balaban J connectivity index is 2.04. The van der Waals surface area contributed by atoms with Gasteiger partial charge in [-0.2, -0.15) is 0 Å². The molecule has 2 aromatic rings. The number of benzene rings is 2. The first-order chi connectivity index (χ1) is 18.5. The topological polar surface area (TPSA) is 90.9 Å². The second kappa shape index (κ2) is 14.5. The van der Waals surface area contributed by atoms with E-state index in [0.717, 1.165) is 36.0 Å². The smallest absolute Gasteiger partial charge is 0.334 e. The van der Waals surface area contributed by atoms with Crippen molar-refractivity contribution in [3.63, 3.8) is 0 Å². The predicted octanol–water partition coefficient (Wildman–Crippen LogP) is 4.53. The van der Waals surface area contributed by atoms with Crippen LogP contribution < -0.4 is 23.7 Å². The Bertz CT molecular complexity index is 1080. The summed E-state index contributed by atoms with van der Waals surface area (Å²) in [4.78, 5) is 13.2. The summed E-state index contributed by atoms with van der Waals surface area (Å²) in [7, 11) is 9.21. The molecule has 0 saturated carbocycles. The van der Waals surface area contributed by atoms with Gasteiger partial charge in [0.15, 0.2) is 29.3 Å². The molecule has 0 amide bonds. The van der Waals surface area contributed by atoms with E-state index < -0.39 is 5.97 Å². The van der Waals surface area contributed by atoms with Crippen molar-refractivity contribution in [1.82, 2.24) is 0 Å². The van der Waals surface area contributed by atoms with Gasteiger partial charge in [0, 0.05) is 18.6 Å². The van der Waals surface area contributed by atoms with Gasteiger partial charge in [-0.1, -0.05) is 6.07 Å². The highest BCUT2D eigenvalue weighted by Crippen LogP contribution is 2.39. The molecule has 1 aliphatic rings. The fourth-order valence-corrected chi connectivity index (χ4v) is 4.42. The van der Waals surface area contributed by atoms with Gasteiger partial charge in [0.05, 0.1) is 49.3 Å². The fourth-order valence-electron chi connectivity index (χ4n) is 4.42. The molecule has 0 N–H and O–H groups in total. The van der Waals surface area contributed by atoms with E-state index in [1.54, 1.807) is 35.5 Å². The first-order valence-corrected chi connectivity index (χ1v) is 12.5. The molecule has 208 valence electrons. The summed E-state index contributed by atoms with van der Waals surface area (Å²) in [5, 5.41) is 0. The van der Waals surface area contributed by atoms with Crippen molar-refractivity contribution < 1.29 is 42.7 Å². The van der Waals surface area contributed by atoms with Gasteiger partial charge in [0.2, 0.25) is 5.75 Å². The lowest BCUT2D eigenvalue weighted by Crippen LogP contribution is -2.24. The van der Waals surface area contributed by atoms with Crippen LogP contribution in [0.3, 0.4) is 0 Å². The molecule has 1 aliphatic heterocycles. The largest absolute Gasteiger partial charge is 0.493 e. The third-order valence-electron chi connectivity index (χ3n) is 6.41. The van der Waals surface area contributed by atoms with Crippen molar-refractivity contribution in [3.05, 3.63) is 52.6 Å². The van der Waals surface area contributed by atoms with E-state index >= 15 is 0 Å². The molecular formula is C29H38O9. The lowest BCUT2D eigenvalue weighted by atomic mass is 9.95. The standard InChI is InChI=1S/C29H38O9/c1-31-23-11-10-19(15-24(23)32-2)13-21(18-38-27-9-7-8-12-37-27)22(29(30)36-6)14-20-16-25(33-3)28(35-5)26(17-20)34-4/h10-11,15-17,27H,7-9,12-14,18H2,1-6H3/b22-21-. The van der Waals surface area contributed by atoms with Gasteiger partial charge in [-0.05, 0) is 66.6 Å². The summed E-state index contributed by atoms with van der Waals surface area (Å²) in [6.45, 7) is 0.864. The second-order valence-corrected chi connectivity index (χ2v) is 8.76. The minimum Gasteiger partial charge on any atom is -0.493 e. The first kappa shape index (κ1) is 29.1. The van der Waals surface area contributed by atoms with Crippen molar-refractivity contribution in [2.75, 3.05) is 55.9 Å². The predicted molar refractivity (Wildman–Crippen MR) is 142 cm³/mol. The van der Waals surface area contributed by atoms with E-state index in [2.05, 4.69) is 0 Å². The Morgan fingerprint density at radius 2 is 1.45 bits per heavy atom. The maximum atomic E-state index is 13.2. The summed E-state index contributed by atoms with van der Waals surface area (Å²) < 4.78 is 44.5. The van der Waals surface area contributed by atoms with Crippen LogP contribution in [0.25, 0.3) is 0 Å². The van der Waals surface area contributed by atoms with Crippen molar-refractivity contribution >= 4 is 5.97 Å². The molecule has 1 fully saturated rings. The third-order valence-corrected chi connectivity index (χ3v) is 6.41. The van der Waals surface area contributed by atoms with Gasteiger partial charge >= 0.3 is 5.97 Å². The van der Waals surface area contributed by atoms with E-state index in [1.807, 2.05) is 30.3 Å². The van der Waals surface area contributed by atoms with Gasteiger partial charge in [0.25, 0.3) is 0 Å². The van der Waals surface area contributed by atoms with Gasteiger partial charge in [-0.3, -0.25) is 0 Å². The molecule has 0 spiro atoms. The van der Waals surface area contributed by atoms with Crippen LogP contribution in [0.4, 0.5) is 0 Å². The minimum absolute atomic E-state index is 0.202. The molecule has 0 radical (unpaired) electrons. The second-order valence-electron chi connectivity index (χ2n) is 8.76. The maximum absolute atomic E-state index is 13.2. The number of hydrogen-bond donors (Lipinski definition) is 0. The summed E-state index contributed by atoms with van der Waals surface area (Å²) in [6, 6.07) is 9.32. The summed E-state index contributed by atoms with van der Waals surface area (Å²) in [6.07, 6.45) is 3.24. The van der Waals surface area contributed by atoms with E-state index in [-0.39, 0.29) is 19.3 Å². The molecule has 1 unspecified atom stereocenters. The number of ether oxygens (including phenoxy) is 8. The minimum atomic E-state index is -0.442. The van der Waals surface area contributed by atoms with Crippen molar-refractivity contribution in [1.29, 1.82) is 0 Å². The molecule has 2 aromatic carbocycles. The van der Waals surface area contributed by atoms with Crippen molar-refractivity contribution in [2.45, 2.75) is 38.4 Å². The van der Waals surface area contributed by atoms with E-state index in [4.69, 9.17) is 37.9 Å². The normalized spacial score (nSPS) is 15.8. The zero-order chi connectivity index (χ0) is 27.5. The quantitative estimate of drug-likeness (QED) is 0.274. The molecule has 0 aliphatic carbocycles. The molecule has 1 heterocycles. The van der Waals surface area contributed by atoms with Gasteiger partial charge in [-0.25, -0.2) is 4.79 Å². The maximum Gasteiger partial charge on any atom is 0.334 e. The van der Waals surface area contributed by atoms with Crippen LogP contribution in [0.15, 0.2) is 41.5 Å². The summed E-state index contributed by atoms with van der Waals surface area (Å²) in [5.74, 6) is 2.26. The molecule has 9 heteroatoms. The Labute approximate surface area is 224 Å². The Kier molecular flexibility index (Phi) is 11.1. The zero-order valence-electron chi connectivity index (χ0n) is 23.1. The average molecular weight is 531 g/mol. The summed E-state index contributed by atoms with van der Waals surface area (Å²) >= 11 is 0. The van der Waals surface area contributed by atoms with Crippen LogP contribution in [0.1, 0.15) is 30.4 Å². The Hall–Kier alpha value is -3.43. The van der Waals surface area contributed by atoms with Crippen LogP contribution in [-0.2, 0) is 31.8 Å². The fraction of sp³-hybridized carbons (Fsp3) is 0.483. The van der Waals surface area contributed by atoms with Crippen LogP contribution in [-0.4, -0.2) is 68.1 Å². The number of hydrogen-bond acceptors (Lipinski definition) is 9. The van der Waals surface area contributed by atoms with Crippen molar-refractivity contribution in [3.8, 4) is 28.7 Å². The lowest BCUT2D eigenvalue weighted by Gasteiger charge is -2.24. The van der Waals surface area contributed by atoms with Crippen molar-refractivity contribution in [2.24, 2.45) is 0 Å². The van der Waals surface area contributed by atoms with Crippen LogP contribution in [0.5, 0.6) is 28.7 Å². The molecule has 0 bridgehead atoms. The number of carbonyl (C=O) groups excluding carboxylic acids is 1. The van der Waals surface area contributed by atoms with Gasteiger partial charge < -0.3 is 37.9 Å². The zero-order valence-corrected chi connectivity index (χ0v) is 23.1. The third kappa shape index (κ3) is 7.33. The Morgan fingerprint density at radius 3 is 2.00 bits per heavy atom. The Morgan fingerprint density at radius 1 is 0.789 bits per heavy atom. The number of esters is 1. The highest BCUT2D eigenvalue weighted by molar-refractivity contribution is 5.90. The average Bonchev–Trinajstić information content (AvgIpc) is 2.97. The van der Waals surface area contributed by atoms with Crippen LogP contribution >= 0.6 is 0 Å². The van der Waals surface area contributed by atoms with Gasteiger partial charge in [0.1, 0.15) is 0 Å². The molecule has 1 atom stereocenters. The van der Waals surface area contributed by atoms with E-state index in [1.165, 1.54) is 7.11 Å². The number of rotatable bonds is 13. The highest BCUT2D eigenvalue weighted by atomic mass is 16.7. The molecular weight excluding hydrogens is 492 g/mol. The first-order valence-electron chi connectivity index (χ1n) is 12.5. The van der Waals surface area contributed by atoms with Crippen LogP contribution in [0, 0.1) is 0 Å². The van der Waals surface area contributed by atoms with E-state index in [0.29, 0.717) is 47.3 Å². The monoisotopic (exact) mass is 530 g/mol. The highest BCUT2D eigenvalue weighted by Gasteiger charge is 2.23. The number of methoxy groups -OCH3 is 6. The molecule has 9 nitrogen and oxygen atoms in total. The molecule has 0 aromatic heterocycles. The lowest BCUT2D eigenvalue weighted by molar-refractivity contribution is -0.157. The van der Waals surface area contributed by atoms with Crippen LogP contribution in [0.2, 0.25) is 0 Å². The SMILES string of the molecule is COC(=O)/C(Cc1cc(OC)c(OC)c(OC)c1)=C(\COC1CCCCO1)Cc1ccc(OC)c(OC)c1. The molecule has 3 rings (SSSR count). The van der Waals surface area contributed by atoms with Gasteiger partial charge in [-0.15, -0.1) is 0 Å².